The predicted octanol–water partition coefficient (Wildman–Crippen LogP) is 6.17. The van der Waals surface area contributed by atoms with E-state index in [1.54, 1.807) is 0 Å². The number of nitrogens with zero attached hydrogens (tertiary/aromatic N) is 4. The SMILES string of the molecule is C=CC(=O)N1CCN(c2nnc(Cc3ccccc3)c3cc(-c4c(C)ccc5[nH]ccc45)c(Cl)cc23)CC1. The van der Waals surface area contributed by atoms with E-state index in [0.717, 1.165) is 49.9 Å². The summed E-state index contributed by atoms with van der Waals surface area (Å²) < 4.78 is 0. The van der Waals surface area contributed by atoms with Crippen LogP contribution in [0.4, 0.5) is 5.82 Å². The van der Waals surface area contributed by atoms with Crippen molar-refractivity contribution in [3.8, 4) is 11.1 Å². The number of anilines is 1. The van der Waals surface area contributed by atoms with Crippen LogP contribution in [0.1, 0.15) is 16.8 Å². The van der Waals surface area contributed by atoms with Crippen LogP contribution in [-0.4, -0.2) is 52.2 Å². The highest BCUT2D eigenvalue weighted by atomic mass is 35.5. The van der Waals surface area contributed by atoms with Gasteiger partial charge in [0.05, 0.1) is 5.69 Å². The second-order valence-electron chi connectivity index (χ2n) is 9.72. The van der Waals surface area contributed by atoms with E-state index in [1.165, 1.54) is 11.6 Å². The van der Waals surface area contributed by atoms with E-state index in [0.29, 0.717) is 37.6 Å². The summed E-state index contributed by atoms with van der Waals surface area (Å²) in [6, 6.07) is 20.9. The minimum Gasteiger partial charge on any atom is -0.361 e. The summed E-state index contributed by atoms with van der Waals surface area (Å²) in [5.74, 6) is 0.758. The summed E-state index contributed by atoms with van der Waals surface area (Å²) in [7, 11) is 0. The number of benzene rings is 3. The van der Waals surface area contributed by atoms with Gasteiger partial charge in [-0.2, -0.15) is 5.10 Å². The van der Waals surface area contributed by atoms with Gasteiger partial charge in [0.25, 0.3) is 0 Å². The Bertz CT molecular complexity index is 1670. The zero-order valence-corrected chi connectivity index (χ0v) is 22.0. The second-order valence-corrected chi connectivity index (χ2v) is 10.1. The van der Waals surface area contributed by atoms with Crippen LogP contribution in [0.3, 0.4) is 0 Å². The number of piperazine rings is 1. The number of rotatable bonds is 5. The lowest BCUT2D eigenvalue weighted by Crippen LogP contribution is -2.48. The van der Waals surface area contributed by atoms with E-state index in [-0.39, 0.29) is 5.91 Å². The van der Waals surface area contributed by atoms with Gasteiger partial charge in [-0.3, -0.25) is 4.79 Å². The number of hydrogen-bond donors (Lipinski definition) is 1. The van der Waals surface area contributed by atoms with Crippen molar-refractivity contribution in [3.63, 3.8) is 0 Å². The van der Waals surface area contributed by atoms with Crippen molar-refractivity contribution >= 4 is 45.0 Å². The van der Waals surface area contributed by atoms with Gasteiger partial charge in [0.2, 0.25) is 5.91 Å². The lowest BCUT2D eigenvalue weighted by Gasteiger charge is -2.35. The number of nitrogens with one attached hydrogen (secondary N) is 1. The smallest absolute Gasteiger partial charge is 0.246 e. The van der Waals surface area contributed by atoms with E-state index >= 15 is 0 Å². The highest BCUT2D eigenvalue weighted by Gasteiger charge is 2.24. The van der Waals surface area contributed by atoms with Gasteiger partial charge >= 0.3 is 0 Å². The number of aromatic amines is 1. The lowest BCUT2D eigenvalue weighted by molar-refractivity contribution is -0.126. The third-order valence-corrected chi connectivity index (χ3v) is 7.73. The monoisotopic (exact) mass is 521 g/mol. The Balaban J connectivity index is 1.50. The highest BCUT2D eigenvalue weighted by Crippen LogP contribution is 2.40. The number of halogens is 1. The number of carbonyl (C=O) groups is 1. The van der Waals surface area contributed by atoms with Crippen LogP contribution in [0.5, 0.6) is 0 Å². The predicted molar refractivity (Wildman–Crippen MR) is 155 cm³/mol. The van der Waals surface area contributed by atoms with Crippen molar-refractivity contribution in [3.05, 3.63) is 101 Å². The molecular weight excluding hydrogens is 494 g/mol. The molecule has 0 unspecified atom stereocenters. The first-order valence-corrected chi connectivity index (χ1v) is 13.2. The fourth-order valence-corrected chi connectivity index (χ4v) is 5.68. The number of hydrogen-bond acceptors (Lipinski definition) is 4. The first kappa shape index (κ1) is 24.2. The molecule has 7 heteroatoms. The molecule has 1 fully saturated rings. The van der Waals surface area contributed by atoms with Gasteiger partial charge in [0.15, 0.2) is 5.82 Å². The quantitative estimate of drug-likeness (QED) is 0.281. The van der Waals surface area contributed by atoms with Gasteiger partial charge < -0.3 is 14.8 Å². The van der Waals surface area contributed by atoms with Crippen LogP contribution in [0.15, 0.2) is 79.5 Å². The number of fused-ring (bicyclic) bond motifs is 2. The van der Waals surface area contributed by atoms with Gasteiger partial charge in [-0.25, -0.2) is 0 Å². The summed E-state index contributed by atoms with van der Waals surface area (Å²) in [6.07, 6.45) is 4.00. The molecule has 3 aromatic carbocycles. The molecule has 0 bridgehead atoms. The molecule has 5 aromatic rings. The second kappa shape index (κ2) is 9.95. The average molecular weight is 522 g/mol. The van der Waals surface area contributed by atoms with Crippen molar-refractivity contribution in [2.75, 3.05) is 31.1 Å². The zero-order chi connectivity index (χ0) is 26.2. The van der Waals surface area contributed by atoms with Gasteiger partial charge in [-0.1, -0.05) is 54.6 Å². The molecule has 1 amide bonds. The van der Waals surface area contributed by atoms with Gasteiger partial charge in [0.1, 0.15) is 0 Å². The Labute approximate surface area is 226 Å². The van der Waals surface area contributed by atoms with Crippen molar-refractivity contribution in [1.29, 1.82) is 0 Å². The number of carbonyl (C=O) groups excluding carboxylic acids is 1. The Morgan fingerprint density at radius 1 is 1.00 bits per heavy atom. The molecule has 1 aliphatic rings. The topological polar surface area (TPSA) is 65.1 Å². The van der Waals surface area contributed by atoms with Crippen LogP contribution < -0.4 is 4.90 Å². The minimum absolute atomic E-state index is 0.0409. The van der Waals surface area contributed by atoms with Crippen LogP contribution in [0.25, 0.3) is 32.8 Å². The Morgan fingerprint density at radius 3 is 2.55 bits per heavy atom. The molecule has 0 radical (unpaired) electrons. The van der Waals surface area contributed by atoms with Crippen LogP contribution >= 0.6 is 11.6 Å². The summed E-state index contributed by atoms with van der Waals surface area (Å²) in [4.78, 5) is 19.4. The molecule has 0 spiro atoms. The standard InChI is InChI=1S/C31H28ClN5O/c1-3-29(38)36-13-15-37(16-14-36)31-24-19-26(32)25(30-20(2)9-10-27-22(30)11-12-33-27)18-23(24)28(34-35-31)17-21-7-5-4-6-8-21/h3-12,18-19,33H,1,13-17H2,2H3. The Morgan fingerprint density at radius 2 is 1.79 bits per heavy atom. The van der Waals surface area contributed by atoms with Crippen molar-refractivity contribution in [2.24, 2.45) is 0 Å². The summed E-state index contributed by atoms with van der Waals surface area (Å²) >= 11 is 7.04. The molecule has 38 heavy (non-hydrogen) atoms. The maximum Gasteiger partial charge on any atom is 0.246 e. The zero-order valence-electron chi connectivity index (χ0n) is 21.2. The molecule has 0 aliphatic carbocycles. The third kappa shape index (κ3) is 4.31. The molecule has 6 nitrogen and oxygen atoms in total. The molecule has 0 atom stereocenters. The molecule has 1 N–H and O–H groups in total. The van der Waals surface area contributed by atoms with E-state index < -0.39 is 0 Å². The first-order valence-electron chi connectivity index (χ1n) is 12.8. The molecule has 2 aromatic heterocycles. The van der Waals surface area contributed by atoms with Crippen LogP contribution in [0.2, 0.25) is 5.02 Å². The number of amides is 1. The van der Waals surface area contributed by atoms with E-state index in [4.69, 9.17) is 21.8 Å². The summed E-state index contributed by atoms with van der Waals surface area (Å²) in [5, 5.41) is 13.3. The van der Waals surface area contributed by atoms with E-state index in [2.05, 4.69) is 59.8 Å². The molecule has 190 valence electrons. The fraction of sp³-hybridized carbons (Fsp3) is 0.194. The molecule has 3 heterocycles. The Hall–Kier alpha value is -4.16. The minimum atomic E-state index is -0.0409. The van der Waals surface area contributed by atoms with Crippen molar-refractivity contribution in [2.45, 2.75) is 13.3 Å². The molecule has 0 saturated carbocycles. The van der Waals surface area contributed by atoms with E-state index in [1.807, 2.05) is 35.4 Å². The van der Waals surface area contributed by atoms with Gasteiger partial charge in [-0.05, 0) is 54.0 Å². The lowest BCUT2D eigenvalue weighted by atomic mass is 9.93. The highest BCUT2D eigenvalue weighted by molar-refractivity contribution is 6.35. The average Bonchev–Trinajstić information content (AvgIpc) is 3.42. The maximum atomic E-state index is 12.1. The molecule has 6 rings (SSSR count). The van der Waals surface area contributed by atoms with E-state index in [9.17, 15) is 4.79 Å². The maximum absolute atomic E-state index is 12.1. The number of aryl methyl sites for hydroxylation is 1. The third-order valence-electron chi connectivity index (χ3n) is 7.42. The van der Waals surface area contributed by atoms with Crippen molar-refractivity contribution < 1.29 is 4.79 Å². The Kier molecular flexibility index (Phi) is 6.34. The number of H-pyrrole nitrogens is 1. The van der Waals surface area contributed by atoms with Crippen molar-refractivity contribution in [1.82, 2.24) is 20.1 Å². The molecule has 1 aliphatic heterocycles. The van der Waals surface area contributed by atoms with Gasteiger partial charge in [0, 0.05) is 71.1 Å². The fourth-order valence-electron chi connectivity index (χ4n) is 5.42. The molecular formula is C31H28ClN5O. The van der Waals surface area contributed by atoms with Gasteiger partial charge in [-0.15, -0.1) is 5.10 Å². The van der Waals surface area contributed by atoms with Crippen LogP contribution in [0, 0.1) is 6.92 Å². The molecule has 1 saturated heterocycles. The summed E-state index contributed by atoms with van der Waals surface area (Å²) in [5.41, 5.74) is 6.42. The largest absolute Gasteiger partial charge is 0.361 e. The van der Waals surface area contributed by atoms with Crippen LogP contribution in [-0.2, 0) is 11.2 Å². The first-order chi connectivity index (χ1) is 18.5. The summed E-state index contributed by atoms with van der Waals surface area (Å²) in [6.45, 7) is 8.30. The normalized spacial score (nSPS) is 13.8. The number of aromatic nitrogens is 3.